The molecule has 6 rings (SSSR count). The molecule has 184 valence electrons. The molecule has 0 N–H and O–H groups in total. The maximum Gasteiger partial charge on any atom is 0.193 e. The number of fused-ring (bicyclic) bond motifs is 1. The first-order valence-electron chi connectivity index (χ1n) is 12.6. The first-order valence-corrected chi connectivity index (χ1v) is 15.2. The lowest BCUT2D eigenvalue weighted by Crippen LogP contribution is -2.26. The third kappa shape index (κ3) is 4.45. The van der Waals surface area contributed by atoms with Crippen molar-refractivity contribution in [3.05, 3.63) is 172 Å². The van der Waals surface area contributed by atoms with Gasteiger partial charge in [-0.25, -0.2) is 0 Å². The van der Waals surface area contributed by atoms with Crippen molar-refractivity contribution in [2.45, 2.75) is 6.04 Å². The fourth-order valence-electron chi connectivity index (χ4n) is 4.98. The van der Waals surface area contributed by atoms with Crippen LogP contribution in [0.1, 0.15) is 17.2 Å². The van der Waals surface area contributed by atoms with Crippen LogP contribution in [0.15, 0.2) is 161 Å². The molecule has 4 heteroatoms. The summed E-state index contributed by atoms with van der Waals surface area (Å²) in [5, 5.41) is 6.25. The summed E-state index contributed by atoms with van der Waals surface area (Å²) in [5.74, 6) is 0. The monoisotopic (exact) mass is 527 g/mol. The first-order chi connectivity index (χ1) is 18.8. The van der Waals surface area contributed by atoms with Crippen LogP contribution >= 0.6 is 18.4 Å². The molecule has 1 aromatic heterocycles. The summed E-state index contributed by atoms with van der Waals surface area (Å²) in [6, 6.07) is 49.4. The molecule has 1 heterocycles. The number of hydrogen-bond donors (Lipinski definition) is 0. The lowest BCUT2D eigenvalue weighted by Gasteiger charge is -2.29. The van der Waals surface area contributed by atoms with Crippen molar-refractivity contribution in [1.82, 2.24) is 0 Å². The summed E-state index contributed by atoms with van der Waals surface area (Å²) < 4.78 is 6.83. The van der Waals surface area contributed by atoms with Crippen LogP contribution in [0.5, 0.6) is 0 Å². The van der Waals surface area contributed by atoms with Crippen LogP contribution in [0, 0.1) is 0 Å². The van der Waals surface area contributed by atoms with E-state index in [-0.39, 0.29) is 5.43 Å². The van der Waals surface area contributed by atoms with Crippen LogP contribution in [-0.4, -0.2) is 0 Å². The Bertz CT molecular complexity index is 1680. The average Bonchev–Trinajstić information content (AvgIpc) is 3.00. The van der Waals surface area contributed by atoms with Gasteiger partial charge in [-0.05, 0) is 17.7 Å². The topological polar surface area (TPSA) is 29.4 Å². The summed E-state index contributed by atoms with van der Waals surface area (Å²) in [6.45, 7) is 0. The summed E-state index contributed by atoms with van der Waals surface area (Å²) >= 11 is 1.61. The lowest BCUT2D eigenvalue weighted by atomic mass is 10.0. The number of rotatable bonds is 6. The average molecular weight is 528 g/mol. The predicted molar refractivity (Wildman–Crippen MR) is 164 cm³/mol. The minimum Gasteiger partial charge on any atom is -0.289 e. The largest absolute Gasteiger partial charge is 0.289 e. The second-order valence-corrected chi connectivity index (χ2v) is 13.0. The summed E-state index contributed by atoms with van der Waals surface area (Å²) in [6.07, 6.45) is 0. The van der Waals surface area contributed by atoms with E-state index in [4.69, 9.17) is 4.74 Å². The zero-order valence-electron chi connectivity index (χ0n) is 20.7. The van der Waals surface area contributed by atoms with E-state index in [1.165, 1.54) is 0 Å². The van der Waals surface area contributed by atoms with Gasteiger partial charge in [-0.15, -0.1) is 11.3 Å². The minimum atomic E-state index is -2.53. The van der Waals surface area contributed by atoms with Crippen molar-refractivity contribution >= 4 is 44.4 Å². The van der Waals surface area contributed by atoms with Gasteiger partial charge in [0.1, 0.15) is 6.04 Å². The number of nitrogens with zero attached hydrogens (tertiary/aromatic N) is 1. The van der Waals surface area contributed by atoms with Gasteiger partial charge in [-0.1, -0.05) is 133 Å². The fourth-order valence-corrected chi connectivity index (χ4v) is 9.62. The molecule has 0 aliphatic heterocycles. The summed E-state index contributed by atoms with van der Waals surface area (Å²) in [7, 11) is -2.53. The molecule has 6 aromatic rings. The van der Waals surface area contributed by atoms with E-state index in [9.17, 15) is 4.79 Å². The van der Waals surface area contributed by atoms with Crippen LogP contribution < -0.4 is 21.3 Å². The zero-order valence-corrected chi connectivity index (χ0v) is 22.4. The molecule has 1 atom stereocenters. The molecule has 0 saturated heterocycles. The van der Waals surface area contributed by atoms with Crippen molar-refractivity contribution in [3.8, 4) is 0 Å². The van der Waals surface area contributed by atoms with E-state index in [2.05, 4.69) is 84.9 Å². The van der Waals surface area contributed by atoms with Crippen LogP contribution in [0.2, 0.25) is 0 Å². The zero-order chi connectivity index (χ0) is 25.8. The third-order valence-electron chi connectivity index (χ3n) is 6.79. The Labute approximate surface area is 227 Å². The smallest absolute Gasteiger partial charge is 0.193 e. The normalized spacial score (nSPS) is 12.2. The standard InChI is InChI=1S/C34H26NOPS/c36-34-30-23-13-14-24-32(30)38-25-31(34)33(26-15-5-1-6-16-26)35-37(27-17-7-2-8-18-27,28-19-9-3-10-20-28)29-21-11-4-12-22-29/h1-25,33H. The third-order valence-corrected chi connectivity index (χ3v) is 11.5. The molecule has 5 aromatic carbocycles. The minimum absolute atomic E-state index is 0.0456. The van der Waals surface area contributed by atoms with Crippen molar-refractivity contribution in [2.75, 3.05) is 0 Å². The van der Waals surface area contributed by atoms with E-state index in [1.54, 1.807) is 11.3 Å². The van der Waals surface area contributed by atoms with Crippen LogP contribution in [0.4, 0.5) is 0 Å². The van der Waals surface area contributed by atoms with Crippen LogP contribution in [0.3, 0.4) is 0 Å². The molecule has 0 aliphatic rings. The van der Waals surface area contributed by atoms with Gasteiger partial charge >= 0.3 is 0 Å². The van der Waals surface area contributed by atoms with Crippen LogP contribution in [-0.2, 0) is 0 Å². The molecule has 0 spiro atoms. The Balaban J connectivity index is 1.76. The number of hydrogen-bond acceptors (Lipinski definition) is 3. The van der Waals surface area contributed by atoms with Gasteiger partial charge < -0.3 is 0 Å². The van der Waals surface area contributed by atoms with Crippen molar-refractivity contribution in [3.63, 3.8) is 0 Å². The van der Waals surface area contributed by atoms with Gasteiger partial charge in [0, 0.05) is 36.9 Å². The maximum atomic E-state index is 14.0. The van der Waals surface area contributed by atoms with Crippen molar-refractivity contribution in [1.29, 1.82) is 0 Å². The highest BCUT2D eigenvalue weighted by Crippen LogP contribution is 2.50. The van der Waals surface area contributed by atoms with E-state index in [1.807, 2.05) is 66.0 Å². The Kier molecular flexibility index (Phi) is 6.88. The number of benzene rings is 5. The highest BCUT2D eigenvalue weighted by atomic mass is 32.1. The second kappa shape index (κ2) is 10.8. The van der Waals surface area contributed by atoms with Gasteiger partial charge in [-0.2, -0.15) is 0 Å². The fraction of sp³-hybridized carbons (Fsp3) is 0.0294. The molecule has 38 heavy (non-hydrogen) atoms. The van der Waals surface area contributed by atoms with E-state index >= 15 is 0 Å². The highest BCUT2D eigenvalue weighted by molar-refractivity contribution is 7.87. The Morgan fingerprint density at radius 1 is 0.553 bits per heavy atom. The summed E-state index contributed by atoms with van der Waals surface area (Å²) in [5.41, 5.74) is 1.77. The molecule has 1 unspecified atom stereocenters. The molecule has 0 bridgehead atoms. The lowest BCUT2D eigenvalue weighted by molar-refractivity contribution is 0.883. The Hall–Kier alpha value is -4.04. The predicted octanol–water partition coefficient (Wildman–Crippen LogP) is 7.53. The van der Waals surface area contributed by atoms with Crippen LogP contribution in [0.25, 0.3) is 10.1 Å². The first kappa shape index (κ1) is 24.3. The van der Waals surface area contributed by atoms with Gasteiger partial charge in [-0.3, -0.25) is 9.54 Å². The Morgan fingerprint density at radius 3 is 1.53 bits per heavy atom. The van der Waals surface area contributed by atoms with Crippen molar-refractivity contribution in [2.24, 2.45) is 4.74 Å². The van der Waals surface area contributed by atoms with Gasteiger partial charge in [0.15, 0.2) is 5.43 Å². The molecule has 0 saturated carbocycles. The van der Waals surface area contributed by atoms with E-state index in [0.29, 0.717) is 5.56 Å². The van der Waals surface area contributed by atoms with Gasteiger partial charge in [0.25, 0.3) is 0 Å². The molecule has 2 nitrogen and oxygen atoms in total. The molecule has 0 aliphatic carbocycles. The molecular formula is C34H26NOPS. The maximum absolute atomic E-state index is 14.0. The quantitative estimate of drug-likeness (QED) is 0.206. The summed E-state index contributed by atoms with van der Waals surface area (Å²) in [4.78, 5) is 14.0. The Morgan fingerprint density at radius 2 is 1.00 bits per heavy atom. The van der Waals surface area contributed by atoms with E-state index in [0.717, 1.165) is 31.6 Å². The van der Waals surface area contributed by atoms with Gasteiger partial charge in [0.05, 0.1) is 7.05 Å². The second-order valence-electron chi connectivity index (χ2n) is 9.09. The van der Waals surface area contributed by atoms with Crippen molar-refractivity contribution < 1.29 is 0 Å². The molecule has 0 amide bonds. The highest BCUT2D eigenvalue weighted by Gasteiger charge is 2.30. The van der Waals surface area contributed by atoms with E-state index < -0.39 is 13.1 Å². The molecular weight excluding hydrogens is 501 g/mol. The molecule has 0 radical (unpaired) electrons. The SMILES string of the molecule is O=c1c(C(N=P(c2ccccc2)(c2ccccc2)c2ccccc2)c2ccccc2)csc2ccccc12. The molecule has 0 fully saturated rings. The van der Waals surface area contributed by atoms with Gasteiger partial charge in [0.2, 0.25) is 0 Å².